The third kappa shape index (κ3) is 8.92. The summed E-state index contributed by atoms with van der Waals surface area (Å²) in [6, 6.07) is 0.688. The number of nitrogens with zero attached hydrogens (tertiary/aromatic N) is 1. The highest BCUT2D eigenvalue weighted by molar-refractivity contribution is 7.98. The summed E-state index contributed by atoms with van der Waals surface area (Å²) in [5, 5.41) is 3.53. The van der Waals surface area contributed by atoms with Crippen LogP contribution in [0.1, 0.15) is 40.5 Å². The minimum Gasteiger partial charge on any atom is -0.316 e. The molecule has 0 amide bonds. The summed E-state index contributed by atoms with van der Waals surface area (Å²) in [6.45, 7) is 12.7. The van der Waals surface area contributed by atoms with Gasteiger partial charge in [-0.05, 0) is 50.8 Å². The maximum atomic E-state index is 3.53. The second kappa shape index (κ2) is 9.23. The van der Waals surface area contributed by atoms with Gasteiger partial charge in [0.2, 0.25) is 0 Å². The Kier molecular flexibility index (Phi) is 9.38. The second-order valence-electron chi connectivity index (χ2n) is 5.89. The molecule has 0 aliphatic heterocycles. The molecular formula is C14H32N2S. The molecule has 0 saturated carbocycles. The van der Waals surface area contributed by atoms with Crippen LogP contribution < -0.4 is 5.32 Å². The van der Waals surface area contributed by atoms with Crippen LogP contribution in [0.5, 0.6) is 0 Å². The predicted molar refractivity (Wildman–Crippen MR) is 82.0 cm³/mol. The van der Waals surface area contributed by atoms with Crippen LogP contribution in [0.4, 0.5) is 0 Å². The molecule has 0 radical (unpaired) electrons. The van der Waals surface area contributed by atoms with E-state index in [9.17, 15) is 0 Å². The molecule has 0 saturated heterocycles. The fourth-order valence-corrected chi connectivity index (χ4v) is 2.58. The molecule has 0 aliphatic rings. The summed E-state index contributed by atoms with van der Waals surface area (Å²) in [6.07, 6.45) is 4.69. The Hall–Kier alpha value is 0.270. The van der Waals surface area contributed by atoms with E-state index in [2.05, 4.69) is 51.2 Å². The molecule has 1 unspecified atom stereocenters. The summed E-state index contributed by atoms with van der Waals surface area (Å²) in [7, 11) is 2.26. The molecule has 0 aromatic rings. The van der Waals surface area contributed by atoms with Crippen LogP contribution in [0.15, 0.2) is 0 Å². The summed E-state index contributed by atoms with van der Waals surface area (Å²) in [5.41, 5.74) is 0.359. The van der Waals surface area contributed by atoms with Crippen molar-refractivity contribution in [3.05, 3.63) is 0 Å². The molecule has 0 heterocycles. The van der Waals surface area contributed by atoms with E-state index in [0.29, 0.717) is 11.5 Å². The van der Waals surface area contributed by atoms with Gasteiger partial charge in [0.05, 0.1) is 0 Å². The van der Waals surface area contributed by atoms with Crippen molar-refractivity contribution in [2.45, 2.75) is 46.6 Å². The summed E-state index contributed by atoms with van der Waals surface area (Å²) in [5.74, 6) is 1.26. The summed E-state index contributed by atoms with van der Waals surface area (Å²) in [4.78, 5) is 2.50. The standard InChI is InChI=1S/C14H32N2S/c1-7-9-15-11-14(3,4)12-16(5)13(2)8-10-17-6/h13,15H,7-12H2,1-6H3. The van der Waals surface area contributed by atoms with E-state index in [1.165, 1.54) is 25.1 Å². The zero-order valence-electron chi connectivity index (χ0n) is 12.7. The quantitative estimate of drug-likeness (QED) is 0.608. The third-order valence-corrected chi connectivity index (χ3v) is 3.84. The first kappa shape index (κ1) is 17.3. The van der Waals surface area contributed by atoms with Crippen LogP contribution >= 0.6 is 11.8 Å². The van der Waals surface area contributed by atoms with E-state index < -0.39 is 0 Å². The second-order valence-corrected chi connectivity index (χ2v) is 6.87. The van der Waals surface area contributed by atoms with Gasteiger partial charge in [0.1, 0.15) is 0 Å². The van der Waals surface area contributed by atoms with Gasteiger partial charge >= 0.3 is 0 Å². The van der Waals surface area contributed by atoms with Crippen LogP contribution in [-0.4, -0.2) is 49.6 Å². The Balaban J connectivity index is 3.93. The number of hydrogen-bond donors (Lipinski definition) is 1. The molecule has 0 bridgehead atoms. The molecular weight excluding hydrogens is 228 g/mol. The van der Waals surface area contributed by atoms with Crippen molar-refractivity contribution in [1.82, 2.24) is 10.2 Å². The lowest BCUT2D eigenvalue weighted by atomic mass is 9.92. The maximum absolute atomic E-state index is 3.53. The fraction of sp³-hybridized carbons (Fsp3) is 1.00. The molecule has 2 nitrogen and oxygen atoms in total. The zero-order chi connectivity index (χ0) is 13.3. The largest absolute Gasteiger partial charge is 0.316 e. The van der Waals surface area contributed by atoms with Crippen molar-refractivity contribution in [3.8, 4) is 0 Å². The molecule has 0 aromatic carbocycles. The maximum Gasteiger partial charge on any atom is 0.00719 e. The predicted octanol–water partition coefficient (Wildman–Crippen LogP) is 3.09. The molecule has 1 atom stereocenters. The first-order valence-electron chi connectivity index (χ1n) is 6.83. The average Bonchev–Trinajstić information content (AvgIpc) is 2.25. The summed E-state index contributed by atoms with van der Waals surface area (Å²) < 4.78 is 0. The minimum atomic E-state index is 0.359. The van der Waals surface area contributed by atoms with Crippen LogP contribution in [0.3, 0.4) is 0 Å². The van der Waals surface area contributed by atoms with Gasteiger partial charge in [0.15, 0.2) is 0 Å². The van der Waals surface area contributed by atoms with E-state index >= 15 is 0 Å². The average molecular weight is 260 g/mol. The lowest BCUT2D eigenvalue weighted by Crippen LogP contribution is -2.42. The van der Waals surface area contributed by atoms with Crippen LogP contribution in [0.25, 0.3) is 0 Å². The van der Waals surface area contributed by atoms with E-state index in [0.717, 1.165) is 13.1 Å². The van der Waals surface area contributed by atoms with Crippen molar-refractivity contribution in [1.29, 1.82) is 0 Å². The lowest BCUT2D eigenvalue weighted by molar-refractivity contribution is 0.163. The highest BCUT2D eigenvalue weighted by atomic mass is 32.2. The fourth-order valence-electron chi connectivity index (χ4n) is 2.00. The van der Waals surface area contributed by atoms with Crippen molar-refractivity contribution >= 4 is 11.8 Å². The molecule has 0 spiro atoms. The molecule has 17 heavy (non-hydrogen) atoms. The highest BCUT2D eigenvalue weighted by Gasteiger charge is 2.21. The van der Waals surface area contributed by atoms with E-state index in [1.54, 1.807) is 0 Å². The Morgan fingerprint density at radius 1 is 1.35 bits per heavy atom. The molecule has 1 N–H and O–H groups in total. The van der Waals surface area contributed by atoms with Gasteiger partial charge in [-0.15, -0.1) is 0 Å². The smallest absolute Gasteiger partial charge is 0.00719 e. The van der Waals surface area contributed by atoms with Crippen LogP contribution in [-0.2, 0) is 0 Å². The topological polar surface area (TPSA) is 15.3 Å². The number of rotatable bonds is 10. The van der Waals surface area contributed by atoms with Crippen molar-refractivity contribution in [2.75, 3.05) is 38.7 Å². The molecule has 0 aliphatic carbocycles. The highest BCUT2D eigenvalue weighted by Crippen LogP contribution is 2.17. The molecule has 104 valence electrons. The van der Waals surface area contributed by atoms with E-state index in [1.807, 2.05) is 11.8 Å². The van der Waals surface area contributed by atoms with Gasteiger partial charge in [0.25, 0.3) is 0 Å². The number of thioether (sulfide) groups is 1. The van der Waals surface area contributed by atoms with E-state index in [4.69, 9.17) is 0 Å². The number of hydrogen-bond acceptors (Lipinski definition) is 3. The first-order chi connectivity index (χ1) is 7.93. The normalized spacial score (nSPS) is 14.3. The van der Waals surface area contributed by atoms with Crippen molar-refractivity contribution in [3.63, 3.8) is 0 Å². The Morgan fingerprint density at radius 2 is 2.00 bits per heavy atom. The van der Waals surface area contributed by atoms with Gasteiger partial charge in [-0.25, -0.2) is 0 Å². The monoisotopic (exact) mass is 260 g/mol. The third-order valence-electron chi connectivity index (χ3n) is 3.20. The van der Waals surface area contributed by atoms with Crippen LogP contribution in [0.2, 0.25) is 0 Å². The molecule has 0 fully saturated rings. The van der Waals surface area contributed by atoms with Gasteiger partial charge < -0.3 is 10.2 Å². The van der Waals surface area contributed by atoms with Gasteiger partial charge in [-0.3, -0.25) is 0 Å². The first-order valence-corrected chi connectivity index (χ1v) is 8.22. The molecule has 0 rings (SSSR count). The Bertz CT molecular complexity index is 183. The minimum absolute atomic E-state index is 0.359. The number of nitrogens with one attached hydrogen (secondary N) is 1. The van der Waals surface area contributed by atoms with Crippen molar-refractivity contribution < 1.29 is 0 Å². The molecule has 0 aromatic heterocycles. The van der Waals surface area contributed by atoms with Crippen LogP contribution in [0, 0.1) is 5.41 Å². The zero-order valence-corrected chi connectivity index (χ0v) is 13.5. The van der Waals surface area contributed by atoms with E-state index in [-0.39, 0.29) is 0 Å². The lowest BCUT2D eigenvalue weighted by Gasteiger charge is -2.34. The summed E-state index contributed by atoms with van der Waals surface area (Å²) >= 11 is 1.94. The van der Waals surface area contributed by atoms with Gasteiger partial charge in [0, 0.05) is 19.1 Å². The van der Waals surface area contributed by atoms with Crippen molar-refractivity contribution in [2.24, 2.45) is 5.41 Å². The van der Waals surface area contributed by atoms with Gasteiger partial charge in [-0.1, -0.05) is 20.8 Å². The molecule has 3 heteroatoms. The Morgan fingerprint density at radius 3 is 2.53 bits per heavy atom. The Labute approximate surface area is 113 Å². The SMILES string of the molecule is CCCNCC(C)(C)CN(C)C(C)CCSC. The van der Waals surface area contributed by atoms with Gasteiger partial charge in [-0.2, -0.15) is 11.8 Å².